The van der Waals surface area contributed by atoms with Gasteiger partial charge < -0.3 is 10.6 Å². The van der Waals surface area contributed by atoms with E-state index in [0.717, 1.165) is 34.6 Å². The fraction of sp³-hybridized carbons (Fsp3) is 0.529. The van der Waals surface area contributed by atoms with Crippen LogP contribution in [0.15, 0.2) is 6.07 Å². The third kappa shape index (κ3) is 2.58. The Morgan fingerprint density at radius 2 is 1.95 bits per heavy atom. The number of carbonyl (C=O) groups excluding carboxylic acids is 1. The number of nitrogen functional groups attached to an aromatic ring is 1. The number of carbonyl (C=O) groups is 1. The molecule has 0 radical (unpaired) electrons. The molecule has 1 aliphatic rings. The molecule has 2 atom stereocenters. The fourth-order valence-corrected chi connectivity index (χ4v) is 4.78. The van der Waals surface area contributed by atoms with E-state index in [2.05, 4.69) is 18.8 Å². The lowest BCUT2D eigenvalue weighted by Crippen LogP contribution is -2.42. The van der Waals surface area contributed by atoms with Crippen LogP contribution in [0.5, 0.6) is 0 Å². The zero-order chi connectivity index (χ0) is 16.0. The van der Waals surface area contributed by atoms with Gasteiger partial charge in [-0.25, -0.2) is 4.98 Å². The zero-order valence-corrected chi connectivity index (χ0v) is 14.5. The van der Waals surface area contributed by atoms with E-state index in [1.54, 1.807) is 0 Å². The van der Waals surface area contributed by atoms with Gasteiger partial charge in [0.1, 0.15) is 9.71 Å². The van der Waals surface area contributed by atoms with Crippen molar-refractivity contribution in [2.45, 2.75) is 34.1 Å². The first-order chi connectivity index (χ1) is 10.4. The molecule has 0 saturated carbocycles. The average molecular weight is 317 g/mol. The quantitative estimate of drug-likeness (QED) is 0.874. The molecule has 22 heavy (non-hydrogen) atoms. The number of amides is 1. The van der Waals surface area contributed by atoms with Crippen molar-refractivity contribution in [2.75, 3.05) is 18.8 Å². The van der Waals surface area contributed by atoms with E-state index in [0.29, 0.717) is 22.4 Å². The number of anilines is 1. The number of aromatic nitrogens is 1. The van der Waals surface area contributed by atoms with Gasteiger partial charge in [0.05, 0.1) is 5.69 Å². The molecule has 118 valence electrons. The molecule has 0 bridgehead atoms. The molecule has 2 unspecified atom stereocenters. The lowest BCUT2D eigenvalue weighted by Gasteiger charge is -2.34. The Morgan fingerprint density at radius 3 is 2.59 bits per heavy atom. The predicted molar refractivity (Wildman–Crippen MR) is 92.4 cm³/mol. The van der Waals surface area contributed by atoms with E-state index in [1.165, 1.54) is 17.8 Å². The summed E-state index contributed by atoms with van der Waals surface area (Å²) in [6.45, 7) is 10.1. The second-order valence-corrected chi connectivity index (χ2v) is 7.76. The first kappa shape index (κ1) is 15.3. The van der Waals surface area contributed by atoms with E-state index < -0.39 is 0 Å². The van der Waals surface area contributed by atoms with E-state index in [9.17, 15) is 4.79 Å². The van der Waals surface area contributed by atoms with Gasteiger partial charge in [-0.3, -0.25) is 4.79 Å². The number of pyridine rings is 1. The zero-order valence-electron chi connectivity index (χ0n) is 13.6. The smallest absolute Gasteiger partial charge is 0.266 e. The monoisotopic (exact) mass is 317 g/mol. The number of rotatable bonds is 1. The van der Waals surface area contributed by atoms with Crippen molar-refractivity contribution in [1.82, 2.24) is 9.88 Å². The van der Waals surface area contributed by atoms with Crippen molar-refractivity contribution in [3.05, 3.63) is 22.2 Å². The standard InChI is InChI=1S/C17H23N3OS/c1-9-5-10(2)8-20(7-9)17(21)15-14(18)13-11(3)6-12(4)19-16(13)22-15/h6,9-10H,5,7-8,18H2,1-4H3. The Labute approximate surface area is 135 Å². The third-order valence-electron chi connectivity index (χ3n) is 4.37. The van der Waals surface area contributed by atoms with Gasteiger partial charge in [0, 0.05) is 24.2 Å². The largest absolute Gasteiger partial charge is 0.397 e. The first-order valence-corrected chi connectivity index (χ1v) is 8.64. The van der Waals surface area contributed by atoms with Crippen molar-refractivity contribution in [1.29, 1.82) is 0 Å². The summed E-state index contributed by atoms with van der Waals surface area (Å²) < 4.78 is 0. The number of nitrogens with zero attached hydrogens (tertiary/aromatic N) is 2. The van der Waals surface area contributed by atoms with Gasteiger partial charge in [0.2, 0.25) is 0 Å². The molecule has 1 fully saturated rings. The molecule has 3 heterocycles. The van der Waals surface area contributed by atoms with Gasteiger partial charge in [-0.05, 0) is 43.7 Å². The van der Waals surface area contributed by atoms with E-state index in [4.69, 9.17) is 5.73 Å². The second kappa shape index (κ2) is 5.54. The van der Waals surface area contributed by atoms with Crippen molar-refractivity contribution < 1.29 is 4.79 Å². The number of thiophene rings is 1. The summed E-state index contributed by atoms with van der Waals surface area (Å²) in [7, 11) is 0. The molecular formula is C17H23N3OS. The van der Waals surface area contributed by atoms with E-state index >= 15 is 0 Å². The molecule has 0 aromatic carbocycles. The highest BCUT2D eigenvalue weighted by atomic mass is 32.1. The fourth-order valence-electron chi connectivity index (χ4n) is 3.60. The lowest BCUT2D eigenvalue weighted by atomic mass is 9.92. The van der Waals surface area contributed by atoms with Crippen LogP contribution < -0.4 is 5.73 Å². The van der Waals surface area contributed by atoms with E-state index in [-0.39, 0.29) is 5.91 Å². The maximum atomic E-state index is 12.9. The van der Waals surface area contributed by atoms with Gasteiger partial charge in [-0.1, -0.05) is 13.8 Å². The minimum absolute atomic E-state index is 0.0657. The molecule has 0 aliphatic carbocycles. The van der Waals surface area contributed by atoms with Gasteiger partial charge in [0.25, 0.3) is 5.91 Å². The summed E-state index contributed by atoms with van der Waals surface area (Å²) in [6.07, 6.45) is 1.19. The summed E-state index contributed by atoms with van der Waals surface area (Å²) in [5.41, 5.74) is 8.94. The Bertz CT molecular complexity index is 727. The highest BCUT2D eigenvalue weighted by molar-refractivity contribution is 7.21. The molecule has 2 aromatic heterocycles. The SMILES string of the molecule is Cc1cc(C)c2c(N)c(C(=O)N3CC(C)CC(C)C3)sc2n1. The van der Waals surface area contributed by atoms with Gasteiger partial charge in [-0.2, -0.15) is 0 Å². The predicted octanol–water partition coefficient (Wildman–Crippen LogP) is 3.61. The Balaban J connectivity index is 2.01. The molecule has 1 saturated heterocycles. The molecule has 1 aliphatic heterocycles. The van der Waals surface area contributed by atoms with Crippen LogP contribution in [-0.4, -0.2) is 28.9 Å². The molecule has 2 aromatic rings. The van der Waals surface area contributed by atoms with Gasteiger partial charge in [0.15, 0.2) is 0 Å². The van der Waals surface area contributed by atoms with Crippen LogP contribution in [0.1, 0.15) is 41.2 Å². The average Bonchev–Trinajstić information content (AvgIpc) is 2.73. The third-order valence-corrected chi connectivity index (χ3v) is 5.46. The van der Waals surface area contributed by atoms with E-state index in [1.807, 2.05) is 24.8 Å². The molecule has 3 rings (SSSR count). The maximum absolute atomic E-state index is 12.9. The van der Waals surface area contributed by atoms with Gasteiger partial charge in [-0.15, -0.1) is 11.3 Å². The van der Waals surface area contributed by atoms with Crippen molar-refractivity contribution >= 4 is 33.1 Å². The highest BCUT2D eigenvalue weighted by Crippen LogP contribution is 2.36. The second-order valence-electron chi connectivity index (χ2n) is 6.76. The lowest BCUT2D eigenvalue weighted by molar-refractivity contribution is 0.0629. The molecule has 1 amide bonds. The summed E-state index contributed by atoms with van der Waals surface area (Å²) in [5, 5.41) is 0.942. The van der Waals surface area contributed by atoms with Crippen LogP contribution >= 0.6 is 11.3 Å². The van der Waals surface area contributed by atoms with Crippen molar-refractivity contribution in [2.24, 2.45) is 11.8 Å². The molecule has 0 spiro atoms. The number of nitrogens with two attached hydrogens (primary N) is 1. The minimum atomic E-state index is 0.0657. The molecule has 2 N–H and O–H groups in total. The van der Waals surface area contributed by atoms with Crippen LogP contribution in [0.25, 0.3) is 10.2 Å². The molecule has 4 nitrogen and oxygen atoms in total. The molecule has 5 heteroatoms. The van der Waals surface area contributed by atoms with Crippen LogP contribution in [0, 0.1) is 25.7 Å². The van der Waals surface area contributed by atoms with Crippen LogP contribution in [0.3, 0.4) is 0 Å². The Morgan fingerprint density at radius 1 is 1.32 bits per heavy atom. The highest BCUT2D eigenvalue weighted by Gasteiger charge is 2.29. The van der Waals surface area contributed by atoms with Crippen LogP contribution in [0.2, 0.25) is 0 Å². The van der Waals surface area contributed by atoms with Crippen LogP contribution in [0.4, 0.5) is 5.69 Å². The maximum Gasteiger partial charge on any atom is 0.266 e. The number of likely N-dealkylation sites (tertiary alicyclic amines) is 1. The topological polar surface area (TPSA) is 59.2 Å². The van der Waals surface area contributed by atoms with Crippen molar-refractivity contribution in [3.63, 3.8) is 0 Å². The first-order valence-electron chi connectivity index (χ1n) is 7.82. The van der Waals surface area contributed by atoms with Crippen molar-refractivity contribution in [3.8, 4) is 0 Å². The summed E-state index contributed by atoms with van der Waals surface area (Å²) in [6, 6.07) is 2.02. The normalized spacial score (nSPS) is 22.3. The minimum Gasteiger partial charge on any atom is -0.397 e. The number of aryl methyl sites for hydroxylation is 2. The number of piperidine rings is 1. The number of hydrogen-bond donors (Lipinski definition) is 1. The van der Waals surface area contributed by atoms with Gasteiger partial charge >= 0.3 is 0 Å². The Hall–Kier alpha value is -1.62. The summed E-state index contributed by atoms with van der Waals surface area (Å²) in [4.78, 5) is 20.9. The Kier molecular flexibility index (Phi) is 3.85. The summed E-state index contributed by atoms with van der Waals surface area (Å²) in [5.74, 6) is 1.16. The summed E-state index contributed by atoms with van der Waals surface area (Å²) >= 11 is 1.43. The number of hydrogen-bond acceptors (Lipinski definition) is 4. The molecular weight excluding hydrogens is 294 g/mol. The van der Waals surface area contributed by atoms with Crippen LogP contribution in [-0.2, 0) is 0 Å². The number of fused-ring (bicyclic) bond motifs is 1.